The molecule has 0 spiro atoms. The first-order valence-corrected chi connectivity index (χ1v) is 7.42. The lowest BCUT2D eigenvalue weighted by Gasteiger charge is -2.48. The molecule has 1 aliphatic carbocycles. The van der Waals surface area contributed by atoms with Crippen molar-refractivity contribution < 1.29 is 0 Å². The van der Waals surface area contributed by atoms with Crippen LogP contribution in [0.15, 0.2) is 18.3 Å². The lowest BCUT2D eigenvalue weighted by molar-refractivity contribution is 0.0569. The minimum Gasteiger partial charge on any atom is -0.384 e. The maximum atomic E-state index is 5.89. The molecule has 20 heavy (non-hydrogen) atoms. The van der Waals surface area contributed by atoms with E-state index < -0.39 is 0 Å². The Morgan fingerprint density at radius 1 is 1.35 bits per heavy atom. The predicted molar refractivity (Wildman–Crippen MR) is 83.0 cm³/mol. The van der Waals surface area contributed by atoms with Crippen molar-refractivity contribution in [1.29, 1.82) is 0 Å². The van der Waals surface area contributed by atoms with E-state index in [1.807, 2.05) is 12.1 Å². The number of hydrogen-bond acceptors (Lipinski definition) is 5. The number of rotatable bonds is 5. The fourth-order valence-electron chi connectivity index (χ4n) is 3.53. The number of nitrogens with two attached hydrogens (primary N) is 2. The summed E-state index contributed by atoms with van der Waals surface area (Å²) in [7, 11) is 4.33. The SMILES string of the molecule is CN(C)C1(C(Cc2ccnc(N)c2)NN)CCCCC1. The highest BCUT2D eigenvalue weighted by Gasteiger charge is 2.41. The molecule has 1 aromatic rings. The molecule has 0 radical (unpaired) electrons. The zero-order chi connectivity index (χ0) is 14.6. The molecule has 0 saturated heterocycles. The Morgan fingerprint density at radius 3 is 2.60 bits per heavy atom. The van der Waals surface area contributed by atoms with Gasteiger partial charge in [0.15, 0.2) is 0 Å². The number of hydrogen-bond donors (Lipinski definition) is 3. The van der Waals surface area contributed by atoms with Crippen LogP contribution in [0.5, 0.6) is 0 Å². The van der Waals surface area contributed by atoms with E-state index in [1.165, 1.54) is 37.7 Å². The molecule has 0 aliphatic heterocycles. The van der Waals surface area contributed by atoms with E-state index in [1.54, 1.807) is 6.20 Å². The quantitative estimate of drug-likeness (QED) is 0.558. The summed E-state index contributed by atoms with van der Waals surface area (Å²) >= 11 is 0. The van der Waals surface area contributed by atoms with Crippen LogP contribution in [0, 0.1) is 0 Å². The molecule has 0 amide bonds. The smallest absolute Gasteiger partial charge is 0.123 e. The highest BCUT2D eigenvalue weighted by atomic mass is 15.3. The van der Waals surface area contributed by atoms with Crippen LogP contribution >= 0.6 is 0 Å². The molecule has 1 aliphatic rings. The van der Waals surface area contributed by atoms with Crippen LogP contribution in [0.4, 0.5) is 5.82 Å². The number of aromatic nitrogens is 1. The molecule has 1 fully saturated rings. The van der Waals surface area contributed by atoms with Crippen LogP contribution in [0.25, 0.3) is 0 Å². The van der Waals surface area contributed by atoms with Gasteiger partial charge in [0.1, 0.15) is 5.82 Å². The molecule has 5 heteroatoms. The number of nitrogens with zero attached hydrogens (tertiary/aromatic N) is 2. The van der Waals surface area contributed by atoms with E-state index in [-0.39, 0.29) is 11.6 Å². The largest absolute Gasteiger partial charge is 0.384 e. The molecule has 112 valence electrons. The van der Waals surface area contributed by atoms with Crippen LogP contribution in [0.1, 0.15) is 37.7 Å². The van der Waals surface area contributed by atoms with E-state index in [0.29, 0.717) is 5.82 Å². The topological polar surface area (TPSA) is 80.2 Å². The van der Waals surface area contributed by atoms with Crippen LogP contribution < -0.4 is 17.0 Å². The second kappa shape index (κ2) is 6.52. The second-order valence-electron chi connectivity index (χ2n) is 6.07. The highest BCUT2D eigenvalue weighted by molar-refractivity contribution is 5.32. The first-order valence-electron chi connectivity index (χ1n) is 7.42. The molecule has 1 heterocycles. The number of anilines is 1. The van der Waals surface area contributed by atoms with E-state index in [0.717, 1.165) is 6.42 Å². The van der Waals surface area contributed by atoms with Crippen molar-refractivity contribution in [3.8, 4) is 0 Å². The van der Waals surface area contributed by atoms with Crippen LogP contribution in [0.3, 0.4) is 0 Å². The standard InChI is InChI=1S/C15H27N5/c1-20(2)15(7-4-3-5-8-15)13(19-17)10-12-6-9-18-14(16)11-12/h6,9,11,13,19H,3-5,7-8,10,17H2,1-2H3,(H2,16,18). The Labute approximate surface area is 121 Å². The minimum atomic E-state index is 0.130. The zero-order valence-electron chi connectivity index (χ0n) is 12.6. The lowest BCUT2D eigenvalue weighted by Crippen LogP contribution is -2.62. The van der Waals surface area contributed by atoms with Crippen molar-refractivity contribution in [2.75, 3.05) is 19.8 Å². The normalized spacial score (nSPS) is 20.0. The van der Waals surface area contributed by atoms with Crippen LogP contribution in [0.2, 0.25) is 0 Å². The average Bonchev–Trinajstić information content (AvgIpc) is 2.45. The van der Waals surface area contributed by atoms with Gasteiger partial charge in [-0.1, -0.05) is 19.3 Å². The van der Waals surface area contributed by atoms with E-state index in [2.05, 4.69) is 29.4 Å². The van der Waals surface area contributed by atoms with Gasteiger partial charge in [0.05, 0.1) is 0 Å². The lowest BCUT2D eigenvalue weighted by atomic mass is 9.73. The Morgan fingerprint density at radius 2 is 2.05 bits per heavy atom. The van der Waals surface area contributed by atoms with Gasteiger partial charge in [-0.05, 0) is 51.1 Å². The first kappa shape index (κ1) is 15.2. The van der Waals surface area contributed by atoms with Crippen molar-refractivity contribution in [1.82, 2.24) is 15.3 Å². The fourth-order valence-corrected chi connectivity index (χ4v) is 3.53. The third-order valence-electron chi connectivity index (χ3n) is 4.75. The van der Waals surface area contributed by atoms with Crippen LogP contribution in [-0.4, -0.2) is 35.6 Å². The van der Waals surface area contributed by atoms with Gasteiger partial charge in [-0.3, -0.25) is 11.3 Å². The van der Waals surface area contributed by atoms with Crippen molar-refractivity contribution in [2.24, 2.45) is 5.84 Å². The molecule has 5 nitrogen and oxygen atoms in total. The molecule has 0 bridgehead atoms. The number of nitrogens with one attached hydrogen (secondary N) is 1. The zero-order valence-corrected chi connectivity index (χ0v) is 12.6. The number of likely N-dealkylation sites (N-methyl/N-ethyl adjacent to an activating group) is 1. The van der Waals surface area contributed by atoms with Gasteiger partial charge in [0.2, 0.25) is 0 Å². The number of nitrogen functional groups attached to an aromatic ring is 1. The highest BCUT2D eigenvalue weighted by Crippen LogP contribution is 2.36. The molecule has 1 saturated carbocycles. The molecule has 1 aromatic heterocycles. The molecular formula is C15H27N5. The van der Waals surface area contributed by atoms with Crippen LogP contribution in [-0.2, 0) is 6.42 Å². The predicted octanol–water partition coefficient (Wildman–Crippen LogP) is 1.30. The maximum Gasteiger partial charge on any atom is 0.123 e. The molecular weight excluding hydrogens is 250 g/mol. The van der Waals surface area contributed by atoms with Gasteiger partial charge < -0.3 is 10.6 Å². The summed E-state index contributed by atoms with van der Waals surface area (Å²) in [6.45, 7) is 0. The van der Waals surface area contributed by atoms with Gasteiger partial charge in [0.25, 0.3) is 0 Å². The van der Waals surface area contributed by atoms with Crippen molar-refractivity contribution in [3.05, 3.63) is 23.9 Å². The van der Waals surface area contributed by atoms with Gasteiger partial charge in [-0.15, -0.1) is 0 Å². The molecule has 0 aromatic carbocycles. The first-order chi connectivity index (χ1) is 9.58. The molecule has 1 atom stereocenters. The Bertz CT molecular complexity index is 426. The van der Waals surface area contributed by atoms with Crippen molar-refractivity contribution in [2.45, 2.75) is 50.1 Å². The van der Waals surface area contributed by atoms with Crippen molar-refractivity contribution in [3.63, 3.8) is 0 Å². The number of hydrazine groups is 1. The Balaban J connectivity index is 2.20. The molecule has 1 unspecified atom stereocenters. The van der Waals surface area contributed by atoms with Gasteiger partial charge in [-0.2, -0.15) is 0 Å². The van der Waals surface area contributed by atoms with E-state index in [4.69, 9.17) is 11.6 Å². The second-order valence-corrected chi connectivity index (χ2v) is 6.07. The molecule has 5 N–H and O–H groups in total. The maximum absolute atomic E-state index is 5.89. The third kappa shape index (κ3) is 3.11. The Hall–Kier alpha value is -1.17. The van der Waals surface area contributed by atoms with E-state index in [9.17, 15) is 0 Å². The summed E-state index contributed by atoms with van der Waals surface area (Å²) in [6, 6.07) is 4.18. The summed E-state index contributed by atoms with van der Waals surface area (Å²) in [5, 5.41) is 0. The summed E-state index contributed by atoms with van der Waals surface area (Å²) < 4.78 is 0. The number of pyridine rings is 1. The summed E-state index contributed by atoms with van der Waals surface area (Å²) in [4.78, 5) is 6.40. The van der Waals surface area contributed by atoms with E-state index >= 15 is 0 Å². The third-order valence-corrected chi connectivity index (χ3v) is 4.75. The van der Waals surface area contributed by atoms with Gasteiger partial charge >= 0.3 is 0 Å². The Kier molecular flexibility index (Phi) is 4.96. The van der Waals surface area contributed by atoms with Crippen molar-refractivity contribution >= 4 is 5.82 Å². The van der Waals surface area contributed by atoms with Gasteiger partial charge in [-0.25, -0.2) is 4.98 Å². The minimum absolute atomic E-state index is 0.130. The summed E-state index contributed by atoms with van der Waals surface area (Å²) in [5.74, 6) is 6.46. The summed E-state index contributed by atoms with van der Waals surface area (Å²) in [5.41, 5.74) is 10.2. The molecule has 2 rings (SSSR count). The average molecular weight is 277 g/mol. The monoisotopic (exact) mass is 277 g/mol. The summed E-state index contributed by atoms with van der Waals surface area (Å²) in [6.07, 6.45) is 8.90. The fraction of sp³-hybridized carbons (Fsp3) is 0.667. The van der Waals surface area contributed by atoms with Gasteiger partial charge in [0, 0.05) is 17.8 Å².